The predicted octanol–water partition coefficient (Wildman–Crippen LogP) is 3.29. The van der Waals surface area contributed by atoms with Crippen LogP contribution < -0.4 is 15.6 Å². The van der Waals surface area contributed by atoms with Gasteiger partial charge < -0.3 is 14.6 Å². The maximum absolute atomic E-state index is 12.8. The van der Waals surface area contributed by atoms with Crippen LogP contribution in [0.2, 0.25) is 0 Å². The summed E-state index contributed by atoms with van der Waals surface area (Å²) in [7, 11) is 1.57. The van der Waals surface area contributed by atoms with Gasteiger partial charge in [-0.05, 0) is 68.3 Å². The Morgan fingerprint density at radius 1 is 1.15 bits per heavy atom. The molecule has 0 radical (unpaired) electrons. The number of fused-ring (bicyclic) bond motifs is 1. The summed E-state index contributed by atoms with van der Waals surface area (Å²) in [6, 6.07) is 10.7. The SMILES string of the molecule is CCn1c(=O)c(C(=O)Nc2ccc(OC)cc2)nc2cc(C)c(C)cc21. The van der Waals surface area contributed by atoms with E-state index < -0.39 is 11.5 Å². The van der Waals surface area contributed by atoms with Crippen molar-refractivity contribution in [2.24, 2.45) is 0 Å². The van der Waals surface area contributed by atoms with Crippen molar-refractivity contribution in [2.75, 3.05) is 12.4 Å². The van der Waals surface area contributed by atoms with Crippen molar-refractivity contribution < 1.29 is 9.53 Å². The molecule has 6 nitrogen and oxygen atoms in total. The minimum absolute atomic E-state index is 0.113. The second-order valence-corrected chi connectivity index (χ2v) is 6.12. The van der Waals surface area contributed by atoms with Crippen LogP contribution in [0.4, 0.5) is 5.69 Å². The van der Waals surface area contributed by atoms with Crippen LogP contribution in [-0.4, -0.2) is 22.6 Å². The van der Waals surface area contributed by atoms with Crippen molar-refractivity contribution in [1.82, 2.24) is 9.55 Å². The molecule has 2 aromatic carbocycles. The van der Waals surface area contributed by atoms with Crippen LogP contribution in [0.1, 0.15) is 28.5 Å². The van der Waals surface area contributed by atoms with Crippen LogP contribution in [0.3, 0.4) is 0 Å². The van der Waals surface area contributed by atoms with E-state index in [-0.39, 0.29) is 5.69 Å². The van der Waals surface area contributed by atoms with Gasteiger partial charge in [-0.25, -0.2) is 4.98 Å². The summed E-state index contributed by atoms with van der Waals surface area (Å²) in [5.41, 5.74) is 3.58. The Morgan fingerprint density at radius 2 is 1.81 bits per heavy atom. The molecule has 1 heterocycles. The van der Waals surface area contributed by atoms with Crippen molar-refractivity contribution in [3.63, 3.8) is 0 Å². The first-order chi connectivity index (χ1) is 12.4. The number of aryl methyl sites for hydroxylation is 3. The molecule has 1 amide bonds. The van der Waals surface area contributed by atoms with Crippen molar-refractivity contribution >= 4 is 22.6 Å². The zero-order valence-corrected chi connectivity index (χ0v) is 15.3. The van der Waals surface area contributed by atoms with E-state index in [9.17, 15) is 9.59 Å². The van der Waals surface area contributed by atoms with E-state index >= 15 is 0 Å². The molecule has 1 N–H and O–H groups in total. The monoisotopic (exact) mass is 351 g/mol. The predicted molar refractivity (Wildman–Crippen MR) is 102 cm³/mol. The standard InChI is InChI=1S/C20H21N3O3/c1-5-23-17-11-13(3)12(2)10-16(17)22-18(20(23)25)19(24)21-14-6-8-15(26-4)9-7-14/h6-11H,5H2,1-4H3,(H,21,24). The molecule has 0 aliphatic rings. The fourth-order valence-electron chi connectivity index (χ4n) is 2.82. The number of nitrogens with zero attached hydrogens (tertiary/aromatic N) is 2. The summed E-state index contributed by atoms with van der Waals surface area (Å²) in [4.78, 5) is 29.7. The Balaban J connectivity index is 2.05. The van der Waals surface area contributed by atoms with Crippen LogP contribution in [0.25, 0.3) is 11.0 Å². The minimum atomic E-state index is -0.525. The highest BCUT2D eigenvalue weighted by Crippen LogP contribution is 2.18. The quantitative estimate of drug-likeness (QED) is 0.783. The number of carbonyl (C=O) groups excluding carboxylic acids is 1. The third-order valence-corrected chi connectivity index (χ3v) is 4.44. The van der Waals surface area contributed by atoms with Gasteiger partial charge in [0.05, 0.1) is 18.1 Å². The molecule has 3 rings (SSSR count). The number of rotatable bonds is 4. The fraction of sp³-hybridized carbons (Fsp3) is 0.250. The minimum Gasteiger partial charge on any atom is -0.497 e. The van der Waals surface area contributed by atoms with Crippen LogP contribution in [-0.2, 0) is 6.54 Å². The molecule has 0 atom stereocenters. The highest BCUT2D eigenvalue weighted by atomic mass is 16.5. The summed E-state index contributed by atoms with van der Waals surface area (Å²) in [6.07, 6.45) is 0. The molecule has 3 aromatic rings. The highest BCUT2D eigenvalue weighted by molar-refractivity contribution is 6.03. The van der Waals surface area contributed by atoms with Gasteiger partial charge in [0, 0.05) is 12.2 Å². The number of hydrogen-bond donors (Lipinski definition) is 1. The van der Waals surface area contributed by atoms with Gasteiger partial charge in [0.1, 0.15) is 5.75 Å². The van der Waals surface area contributed by atoms with Crippen molar-refractivity contribution in [3.05, 3.63) is 63.6 Å². The normalized spacial score (nSPS) is 10.8. The first kappa shape index (κ1) is 17.7. The molecule has 0 aliphatic heterocycles. The van der Waals surface area contributed by atoms with E-state index in [4.69, 9.17) is 4.74 Å². The number of amides is 1. The van der Waals surface area contributed by atoms with Crippen molar-refractivity contribution in [2.45, 2.75) is 27.3 Å². The fourth-order valence-corrected chi connectivity index (χ4v) is 2.82. The lowest BCUT2D eigenvalue weighted by molar-refractivity contribution is 0.102. The maximum atomic E-state index is 12.8. The maximum Gasteiger partial charge on any atom is 0.282 e. The van der Waals surface area contributed by atoms with E-state index in [0.717, 1.165) is 16.6 Å². The molecule has 0 spiro atoms. The Labute approximate surface area is 151 Å². The third kappa shape index (κ3) is 3.18. The van der Waals surface area contributed by atoms with Gasteiger partial charge in [-0.15, -0.1) is 0 Å². The molecule has 1 aromatic heterocycles. The van der Waals surface area contributed by atoms with E-state index in [1.165, 1.54) is 0 Å². The van der Waals surface area contributed by atoms with Crippen molar-refractivity contribution in [1.29, 1.82) is 0 Å². The molecule has 134 valence electrons. The first-order valence-corrected chi connectivity index (χ1v) is 8.41. The van der Waals surface area contributed by atoms with E-state index in [0.29, 0.717) is 23.5 Å². The lowest BCUT2D eigenvalue weighted by Crippen LogP contribution is -2.31. The molecule has 26 heavy (non-hydrogen) atoms. The molecule has 0 fully saturated rings. The molecule has 0 saturated carbocycles. The number of anilines is 1. The number of benzene rings is 2. The topological polar surface area (TPSA) is 73.2 Å². The van der Waals surface area contributed by atoms with E-state index in [1.54, 1.807) is 35.9 Å². The van der Waals surface area contributed by atoms with Gasteiger partial charge in [0.25, 0.3) is 11.5 Å². The molecular formula is C20H21N3O3. The van der Waals surface area contributed by atoms with Crippen LogP contribution >= 0.6 is 0 Å². The number of nitrogens with one attached hydrogen (secondary N) is 1. The molecule has 0 saturated heterocycles. The Morgan fingerprint density at radius 3 is 2.42 bits per heavy atom. The second kappa shape index (κ2) is 7.00. The van der Waals surface area contributed by atoms with Crippen LogP contribution in [0.15, 0.2) is 41.2 Å². The first-order valence-electron chi connectivity index (χ1n) is 8.41. The molecular weight excluding hydrogens is 330 g/mol. The highest BCUT2D eigenvalue weighted by Gasteiger charge is 2.18. The van der Waals surface area contributed by atoms with Gasteiger partial charge in [-0.1, -0.05) is 0 Å². The van der Waals surface area contributed by atoms with Gasteiger partial charge >= 0.3 is 0 Å². The number of aromatic nitrogens is 2. The number of carbonyl (C=O) groups is 1. The molecule has 0 unspecified atom stereocenters. The van der Waals surface area contributed by atoms with Gasteiger partial charge in [-0.2, -0.15) is 0 Å². The Kier molecular flexibility index (Phi) is 4.75. The van der Waals surface area contributed by atoms with E-state index in [2.05, 4.69) is 10.3 Å². The molecule has 6 heteroatoms. The average Bonchev–Trinajstić information content (AvgIpc) is 2.63. The van der Waals surface area contributed by atoms with Gasteiger partial charge in [0.15, 0.2) is 5.69 Å². The van der Waals surface area contributed by atoms with Crippen LogP contribution in [0.5, 0.6) is 5.75 Å². The largest absolute Gasteiger partial charge is 0.497 e. The summed E-state index contributed by atoms with van der Waals surface area (Å²) in [5.74, 6) is 0.161. The van der Waals surface area contributed by atoms with Crippen LogP contribution in [0, 0.1) is 13.8 Å². The summed E-state index contributed by atoms with van der Waals surface area (Å²) in [6.45, 7) is 6.31. The summed E-state index contributed by atoms with van der Waals surface area (Å²) >= 11 is 0. The zero-order valence-electron chi connectivity index (χ0n) is 15.3. The number of ether oxygens (including phenoxy) is 1. The average molecular weight is 351 g/mol. The molecule has 0 bridgehead atoms. The number of hydrogen-bond acceptors (Lipinski definition) is 4. The summed E-state index contributed by atoms with van der Waals surface area (Å²) < 4.78 is 6.68. The molecule has 0 aliphatic carbocycles. The Hall–Kier alpha value is -3.15. The lowest BCUT2D eigenvalue weighted by atomic mass is 10.1. The summed E-state index contributed by atoms with van der Waals surface area (Å²) in [5, 5.41) is 2.72. The smallest absolute Gasteiger partial charge is 0.282 e. The van der Waals surface area contributed by atoms with Gasteiger partial charge in [0.2, 0.25) is 0 Å². The van der Waals surface area contributed by atoms with E-state index in [1.807, 2.05) is 32.9 Å². The third-order valence-electron chi connectivity index (χ3n) is 4.44. The van der Waals surface area contributed by atoms with Gasteiger partial charge in [-0.3, -0.25) is 9.59 Å². The number of methoxy groups -OCH3 is 1. The Bertz CT molecular complexity index is 1040. The zero-order chi connectivity index (χ0) is 18.8. The lowest BCUT2D eigenvalue weighted by Gasteiger charge is -2.12. The second-order valence-electron chi connectivity index (χ2n) is 6.12. The van der Waals surface area contributed by atoms with Crippen molar-refractivity contribution in [3.8, 4) is 5.75 Å².